The van der Waals surface area contributed by atoms with E-state index in [0.717, 1.165) is 33.4 Å². The second-order valence-corrected chi connectivity index (χ2v) is 8.16. The van der Waals surface area contributed by atoms with Crippen LogP contribution < -0.4 is 10.1 Å². The summed E-state index contributed by atoms with van der Waals surface area (Å²) in [6.07, 6.45) is 0.471. The molecule has 0 saturated carbocycles. The monoisotopic (exact) mass is 452 g/mol. The number of hydrogen-bond acceptors (Lipinski definition) is 3. The summed E-state index contributed by atoms with van der Waals surface area (Å²) in [7, 11) is 1.65. The molecule has 1 unspecified atom stereocenters. The summed E-state index contributed by atoms with van der Waals surface area (Å²) in [6, 6.07) is 20.7. The second kappa shape index (κ2) is 8.47. The van der Waals surface area contributed by atoms with Crippen LogP contribution in [0.5, 0.6) is 5.75 Å². The molecule has 0 radical (unpaired) electrons. The molecule has 3 aromatic carbocycles. The number of hydrogen-bond donors (Lipinski definition) is 2. The number of nitrogens with zero attached hydrogens (tertiary/aromatic N) is 1. The van der Waals surface area contributed by atoms with Gasteiger partial charge in [-0.1, -0.05) is 35.0 Å². The molecule has 2 N–H and O–H groups in total. The third kappa shape index (κ3) is 4.11. The van der Waals surface area contributed by atoms with Crippen LogP contribution in [0.4, 0.5) is 5.69 Å². The van der Waals surface area contributed by atoms with Gasteiger partial charge in [-0.25, -0.2) is 0 Å². The second-order valence-electron chi connectivity index (χ2n) is 7.24. The number of rotatable bonds is 7. The molecule has 0 fully saturated rings. The van der Waals surface area contributed by atoms with E-state index in [2.05, 4.69) is 69.1 Å². The summed E-state index contributed by atoms with van der Waals surface area (Å²) in [6.45, 7) is 3.15. The lowest BCUT2D eigenvalue weighted by Gasteiger charge is -2.16. The Kier molecular flexibility index (Phi) is 5.79. The van der Waals surface area contributed by atoms with Gasteiger partial charge in [0.25, 0.3) is 0 Å². The van der Waals surface area contributed by atoms with Gasteiger partial charge in [0.05, 0.1) is 19.8 Å². The lowest BCUT2D eigenvalue weighted by atomic mass is 10.1. The highest BCUT2D eigenvalue weighted by molar-refractivity contribution is 9.10. The minimum absolute atomic E-state index is 0.456. The van der Waals surface area contributed by atoms with Gasteiger partial charge in [0.2, 0.25) is 0 Å². The molecule has 4 aromatic rings. The molecule has 4 rings (SSSR count). The molecule has 1 atom stereocenters. The summed E-state index contributed by atoms with van der Waals surface area (Å²) in [5, 5.41) is 16.5. The molecule has 150 valence electrons. The molecule has 1 aromatic heterocycles. The standard InChI is InChI=1S/C24H25BrN2O2/c1-3-16-7-9-23-21(11-16)22-12-17(25)8-10-24(22)27(23)15-19(28)14-26-18-5-4-6-20(13-18)29-2/h4-13,19,26,28H,3,14-15H2,1-2H3. The number of anilines is 1. The summed E-state index contributed by atoms with van der Waals surface area (Å²) in [4.78, 5) is 0. The quantitative estimate of drug-likeness (QED) is 0.383. The van der Waals surface area contributed by atoms with E-state index in [9.17, 15) is 5.11 Å². The maximum Gasteiger partial charge on any atom is 0.120 e. The Morgan fingerprint density at radius 1 is 1.03 bits per heavy atom. The van der Waals surface area contributed by atoms with Gasteiger partial charge in [0, 0.05) is 44.6 Å². The maximum absolute atomic E-state index is 10.8. The Hall–Kier alpha value is -2.50. The van der Waals surface area contributed by atoms with Crippen molar-refractivity contribution in [2.45, 2.75) is 26.0 Å². The van der Waals surface area contributed by atoms with E-state index in [-0.39, 0.29) is 0 Å². The van der Waals surface area contributed by atoms with Crippen molar-refractivity contribution in [3.05, 3.63) is 70.7 Å². The average Bonchev–Trinajstić information content (AvgIpc) is 3.04. The number of aliphatic hydroxyl groups excluding tert-OH is 1. The molecule has 29 heavy (non-hydrogen) atoms. The average molecular weight is 453 g/mol. The SMILES string of the molecule is CCc1ccc2c(c1)c1cc(Br)ccc1n2CC(O)CNc1cccc(OC)c1. The lowest BCUT2D eigenvalue weighted by molar-refractivity contribution is 0.169. The first-order valence-corrected chi connectivity index (χ1v) is 10.6. The number of aryl methyl sites for hydroxylation is 1. The summed E-state index contributed by atoms with van der Waals surface area (Å²) in [5.74, 6) is 0.796. The van der Waals surface area contributed by atoms with Crippen molar-refractivity contribution in [3.63, 3.8) is 0 Å². The number of halogens is 1. The maximum atomic E-state index is 10.8. The van der Waals surface area contributed by atoms with Crippen LogP contribution >= 0.6 is 15.9 Å². The first-order valence-electron chi connectivity index (χ1n) is 9.85. The third-order valence-electron chi connectivity index (χ3n) is 5.30. The van der Waals surface area contributed by atoms with Crippen LogP contribution in [-0.2, 0) is 13.0 Å². The fourth-order valence-corrected chi connectivity index (χ4v) is 4.15. The van der Waals surface area contributed by atoms with Gasteiger partial charge in [-0.05, 0) is 54.4 Å². The van der Waals surface area contributed by atoms with Crippen molar-refractivity contribution >= 4 is 43.4 Å². The largest absolute Gasteiger partial charge is 0.497 e. The lowest BCUT2D eigenvalue weighted by Crippen LogP contribution is -2.24. The Morgan fingerprint density at radius 2 is 1.79 bits per heavy atom. The molecule has 0 saturated heterocycles. The molecule has 5 heteroatoms. The van der Waals surface area contributed by atoms with E-state index in [1.54, 1.807) is 7.11 Å². The molecule has 0 bridgehead atoms. The van der Waals surface area contributed by atoms with Crippen LogP contribution in [0, 0.1) is 0 Å². The molecule has 0 amide bonds. The highest BCUT2D eigenvalue weighted by Crippen LogP contribution is 2.32. The zero-order valence-corrected chi connectivity index (χ0v) is 18.2. The number of aromatic nitrogens is 1. The summed E-state index contributed by atoms with van der Waals surface area (Å²) >= 11 is 3.60. The van der Waals surface area contributed by atoms with Crippen LogP contribution in [0.15, 0.2) is 65.1 Å². The summed E-state index contributed by atoms with van der Waals surface area (Å²) in [5.41, 5.74) is 4.53. The number of aliphatic hydroxyl groups is 1. The fourth-order valence-electron chi connectivity index (χ4n) is 3.78. The zero-order valence-electron chi connectivity index (χ0n) is 16.7. The van der Waals surface area contributed by atoms with E-state index >= 15 is 0 Å². The molecular weight excluding hydrogens is 428 g/mol. The van der Waals surface area contributed by atoms with Crippen LogP contribution in [0.2, 0.25) is 0 Å². The van der Waals surface area contributed by atoms with Crippen molar-refractivity contribution in [1.29, 1.82) is 0 Å². The van der Waals surface area contributed by atoms with Gasteiger partial charge in [-0.2, -0.15) is 0 Å². The molecule has 0 aliphatic carbocycles. The van der Waals surface area contributed by atoms with E-state index in [1.807, 2.05) is 24.3 Å². The van der Waals surface area contributed by atoms with E-state index in [0.29, 0.717) is 13.1 Å². The smallest absolute Gasteiger partial charge is 0.120 e. The molecule has 0 spiro atoms. The normalized spacial score (nSPS) is 12.4. The van der Waals surface area contributed by atoms with Gasteiger partial charge in [0.1, 0.15) is 5.75 Å². The predicted octanol–water partition coefficient (Wildman–Crippen LogP) is 5.60. The number of fused-ring (bicyclic) bond motifs is 3. The highest BCUT2D eigenvalue weighted by Gasteiger charge is 2.14. The number of ether oxygens (including phenoxy) is 1. The first-order chi connectivity index (χ1) is 14.1. The van der Waals surface area contributed by atoms with Crippen LogP contribution in [0.1, 0.15) is 12.5 Å². The molecule has 0 aliphatic rings. The van der Waals surface area contributed by atoms with Crippen LogP contribution in [-0.4, -0.2) is 29.4 Å². The minimum Gasteiger partial charge on any atom is -0.497 e. The van der Waals surface area contributed by atoms with Crippen LogP contribution in [0.25, 0.3) is 21.8 Å². The van der Waals surface area contributed by atoms with Gasteiger partial charge in [-0.3, -0.25) is 0 Å². The number of methoxy groups -OCH3 is 1. The van der Waals surface area contributed by atoms with E-state index in [4.69, 9.17) is 4.74 Å². The fraction of sp³-hybridized carbons (Fsp3) is 0.250. The molecule has 4 nitrogen and oxygen atoms in total. The Labute approximate surface area is 179 Å². The van der Waals surface area contributed by atoms with Gasteiger partial charge >= 0.3 is 0 Å². The number of benzene rings is 3. The van der Waals surface area contributed by atoms with Crippen molar-refractivity contribution < 1.29 is 9.84 Å². The summed E-state index contributed by atoms with van der Waals surface area (Å²) < 4.78 is 8.54. The Bertz CT molecular complexity index is 1150. The minimum atomic E-state index is -0.533. The van der Waals surface area contributed by atoms with Gasteiger partial charge < -0.3 is 19.7 Å². The number of nitrogens with one attached hydrogen (secondary N) is 1. The third-order valence-corrected chi connectivity index (χ3v) is 5.80. The van der Waals surface area contributed by atoms with Crippen molar-refractivity contribution in [3.8, 4) is 5.75 Å². The van der Waals surface area contributed by atoms with Gasteiger partial charge in [0.15, 0.2) is 0 Å². The van der Waals surface area contributed by atoms with Crippen LogP contribution in [0.3, 0.4) is 0 Å². The molecule has 1 heterocycles. The highest BCUT2D eigenvalue weighted by atomic mass is 79.9. The zero-order chi connectivity index (χ0) is 20.4. The topological polar surface area (TPSA) is 46.4 Å². The van der Waals surface area contributed by atoms with Crippen molar-refractivity contribution in [1.82, 2.24) is 4.57 Å². The van der Waals surface area contributed by atoms with Crippen molar-refractivity contribution in [2.24, 2.45) is 0 Å². The Balaban J connectivity index is 1.62. The molecular formula is C24H25BrN2O2. The van der Waals surface area contributed by atoms with Gasteiger partial charge in [-0.15, -0.1) is 0 Å². The Morgan fingerprint density at radius 3 is 2.55 bits per heavy atom. The predicted molar refractivity (Wildman–Crippen MR) is 124 cm³/mol. The molecule has 0 aliphatic heterocycles. The van der Waals surface area contributed by atoms with Crippen molar-refractivity contribution in [2.75, 3.05) is 19.0 Å². The first kappa shape index (κ1) is 19.8. The van der Waals surface area contributed by atoms with E-state index in [1.165, 1.54) is 16.3 Å². The van der Waals surface area contributed by atoms with E-state index < -0.39 is 6.10 Å².